The fraction of sp³-hybridized carbons (Fsp3) is 0.167. The summed E-state index contributed by atoms with van der Waals surface area (Å²) in [6, 6.07) is 23.5. The standard InChI is InChI=1S/C30H27ClN4O4S/c1-18-27(29(37)34-19-9-5-4-6-10-19)28(21-11-7-8-12-23(21)31)22(16-32)30(33-18)40-17-26(36)35-24-15-20(38-2)13-14-25(24)39-3/h4-15,28,33H,17H2,1-3H3,(H,34,37)(H,35,36). The molecule has 1 atom stereocenters. The number of anilines is 2. The number of dihydropyridines is 1. The van der Waals surface area contributed by atoms with Gasteiger partial charge in [0.15, 0.2) is 0 Å². The van der Waals surface area contributed by atoms with E-state index >= 15 is 0 Å². The van der Waals surface area contributed by atoms with Crippen molar-refractivity contribution in [1.82, 2.24) is 5.32 Å². The van der Waals surface area contributed by atoms with Crippen molar-refractivity contribution in [2.45, 2.75) is 12.8 Å². The molecule has 1 heterocycles. The lowest BCUT2D eigenvalue weighted by atomic mass is 9.82. The summed E-state index contributed by atoms with van der Waals surface area (Å²) in [5.41, 5.74) is 2.90. The summed E-state index contributed by atoms with van der Waals surface area (Å²) >= 11 is 7.74. The number of methoxy groups -OCH3 is 2. The van der Waals surface area contributed by atoms with Gasteiger partial charge in [-0.2, -0.15) is 5.26 Å². The van der Waals surface area contributed by atoms with Crippen molar-refractivity contribution in [2.24, 2.45) is 0 Å². The van der Waals surface area contributed by atoms with Crippen LogP contribution in [0.1, 0.15) is 18.4 Å². The number of hydrogen-bond donors (Lipinski definition) is 3. The van der Waals surface area contributed by atoms with Crippen LogP contribution in [0.2, 0.25) is 5.02 Å². The number of nitrogens with zero attached hydrogens (tertiary/aromatic N) is 1. The molecule has 0 spiro atoms. The predicted octanol–water partition coefficient (Wildman–Crippen LogP) is 6.06. The van der Waals surface area contributed by atoms with E-state index in [0.717, 1.165) is 11.8 Å². The normalized spacial score (nSPS) is 14.6. The first-order valence-corrected chi connectivity index (χ1v) is 13.6. The third-order valence-electron chi connectivity index (χ3n) is 6.17. The van der Waals surface area contributed by atoms with E-state index in [-0.39, 0.29) is 23.1 Å². The zero-order valence-electron chi connectivity index (χ0n) is 22.1. The molecule has 3 aromatic carbocycles. The van der Waals surface area contributed by atoms with E-state index in [4.69, 9.17) is 21.1 Å². The summed E-state index contributed by atoms with van der Waals surface area (Å²) in [6.45, 7) is 1.76. The monoisotopic (exact) mass is 574 g/mol. The Labute approximate surface area is 242 Å². The summed E-state index contributed by atoms with van der Waals surface area (Å²) in [7, 11) is 3.05. The van der Waals surface area contributed by atoms with E-state index in [1.807, 2.05) is 24.3 Å². The Kier molecular flexibility index (Phi) is 9.38. The summed E-state index contributed by atoms with van der Waals surface area (Å²) in [4.78, 5) is 26.5. The van der Waals surface area contributed by atoms with Gasteiger partial charge in [-0.15, -0.1) is 0 Å². The Hall–Kier alpha value is -4.39. The third-order valence-corrected chi connectivity index (χ3v) is 7.53. The molecule has 3 aromatic rings. The number of amides is 2. The molecule has 0 saturated carbocycles. The summed E-state index contributed by atoms with van der Waals surface area (Å²) in [5, 5.41) is 20.1. The van der Waals surface area contributed by atoms with Crippen molar-refractivity contribution in [1.29, 1.82) is 5.26 Å². The van der Waals surface area contributed by atoms with Crippen molar-refractivity contribution in [3.8, 4) is 17.6 Å². The van der Waals surface area contributed by atoms with Crippen LogP contribution in [0.4, 0.5) is 11.4 Å². The highest BCUT2D eigenvalue weighted by molar-refractivity contribution is 8.03. The molecule has 8 nitrogen and oxygen atoms in total. The molecule has 204 valence electrons. The first-order chi connectivity index (χ1) is 19.4. The number of nitrogens with one attached hydrogen (secondary N) is 3. The Morgan fingerprint density at radius 1 is 1.02 bits per heavy atom. The van der Waals surface area contributed by atoms with Crippen LogP contribution in [-0.2, 0) is 9.59 Å². The zero-order valence-corrected chi connectivity index (χ0v) is 23.7. The van der Waals surface area contributed by atoms with Gasteiger partial charge in [0.25, 0.3) is 5.91 Å². The van der Waals surface area contributed by atoms with Crippen molar-refractivity contribution in [3.63, 3.8) is 0 Å². The second-order valence-electron chi connectivity index (χ2n) is 8.70. The van der Waals surface area contributed by atoms with Crippen LogP contribution in [0.15, 0.2) is 94.7 Å². The molecule has 0 aliphatic carbocycles. The minimum Gasteiger partial charge on any atom is -0.497 e. The van der Waals surface area contributed by atoms with Crippen molar-refractivity contribution in [2.75, 3.05) is 30.6 Å². The van der Waals surface area contributed by atoms with Crippen LogP contribution in [0.25, 0.3) is 0 Å². The molecule has 2 amide bonds. The lowest BCUT2D eigenvalue weighted by Crippen LogP contribution is -2.31. The van der Waals surface area contributed by atoms with Gasteiger partial charge in [0.1, 0.15) is 11.5 Å². The van der Waals surface area contributed by atoms with Gasteiger partial charge >= 0.3 is 0 Å². The maximum Gasteiger partial charge on any atom is 0.254 e. The number of halogens is 1. The average molecular weight is 575 g/mol. The quantitative estimate of drug-likeness (QED) is 0.284. The van der Waals surface area contributed by atoms with Gasteiger partial charge in [0.2, 0.25) is 5.91 Å². The van der Waals surface area contributed by atoms with Crippen LogP contribution in [0.3, 0.4) is 0 Å². The highest BCUT2D eigenvalue weighted by atomic mass is 35.5. The largest absolute Gasteiger partial charge is 0.497 e. The summed E-state index contributed by atoms with van der Waals surface area (Å²) < 4.78 is 10.6. The number of carbonyl (C=O) groups excluding carboxylic acids is 2. The first-order valence-electron chi connectivity index (χ1n) is 12.2. The molecule has 4 rings (SSSR count). The lowest BCUT2D eigenvalue weighted by molar-refractivity contribution is -0.114. The molecule has 1 aliphatic rings. The molecule has 0 fully saturated rings. The number of benzene rings is 3. The van der Waals surface area contributed by atoms with Gasteiger partial charge in [-0.25, -0.2) is 0 Å². The smallest absolute Gasteiger partial charge is 0.254 e. The Morgan fingerprint density at radius 2 is 1.75 bits per heavy atom. The SMILES string of the molecule is COc1ccc(OC)c(NC(=O)CSC2=C(C#N)C(c3ccccc3Cl)C(C(=O)Nc3ccccc3)=C(C)N2)c1. The van der Waals surface area contributed by atoms with E-state index in [9.17, 15) is 14.9 Å². The van der Waals surface area contributed by atoms with Crippen LogP contribution < -0.4 is 25.4 Å². The molecule has 3 N–H and O–H groups in total. The van der Waals surface area contributed by atoms with Crippen LogP contribution >= 0.6 is 23.4 Å². The van der Waals surface area contributed by atoms with E-state index in [1.54, 1.807) is 55.5 Å². The topological polar surface area (TPSA) is 112 Å². The molecule has 1 aliphatic heterocycles. The fourth-order valence-corrected chi connectivity index (χ4v) is 5.44. The third kappa shape index (κ3) is 6.42. The molecular formula is C30H27ClN4O4S. The number of rotatable bonds is 9. The Morgan fingerprint density at radius 3 is 2.42 bits per heavy atom. The molecule has 0 aromatic heterocycles. The summed E-state index contributed by atoms with van der Waals surface area (Å²) in [5.74, 6) is -0.377. The van der Waals surface area contributed by atoms with Crippen LogP contribution in [0, 0.1) is 11.3 Å². The number of allylic oxidation sites excluding steroid dienone is 2. The molecule has 0 radical (unpaired) electrons. The molecular weight excluding hydrogens is 548 g/mol. The molecule has 0 bridgehead atoms. The number of carbonyl (C=O) groups is 2. The maximum absolute atomic E-state index is 13.5. The number of ether oxygens (including phenoxy) is 2. The molecule has 10 heteroatoms. The van der Waals surface area contributed by atoms with Gasteiger partial charge in [0, 0.05) is 28.0 Å². The van der Waals surface area contributed by atoms with Gasteiger partial charge in [-0.3, -0.25) is 9.59 Å². The van der Waals surface area contributed by atoms with Crippen molar-refractivity contribution < 1.29 is 19.1 Å². The predicted molar refractivity (Wildman–Crippen MR) is 158 cm³/mol. The first kappa shape index (κ1) is 28.6. The number of para-hydroxylation sites is 1. The molecule has 0 saturated heterocycles. The minimum atomic E-state index is -0.743. The Balaban J connectivity index is 1.63. The Bertz CT molecular complexity index is 1530. The zero-order chi connectivity index (χ0) is 28.6. The number of thioether (sulfide) groups is 1. The van der Waals surface area contributed by atoms with Crippen LogP contribution in [-0.4, -0.2) is 31.8 Å². The van der Waals surface area contributed by atoms with Gasteiger partial charge < -0.3 is 25.4 Å². The number of hydrogen-bond acceptors (Lipinski definition) is 7. The molecule has 40 heavy (non-hydrogen) atoms. The van der Waals surface area contributed by atoms with Gasteiger partial charge in [-0.1, -0.05) is 59.8 Å². The average Bonchev–Trinajstić information content (AvgIpc) is 2.96. The van der Waals surface area contributed by atoms with E-state index in [0.29, 0.717) is 49.8 Å². The van der Waals surface area contributed by atoms with Crippen molar-refractivity contribution >= 4 is 46.6 Å². The van der Waals surface area contributed by atoms with E-state index in [2.05, 4.69) is 22.0 Å². The van der Waals surface area contributed by atoms with Crippen molar-refractivity contribution in [3.05, 3.63) is 105 Å². The molecule has 1 unspecified atom stereocenters. The second kappa shape index (κ2) is 13.1. The highest BCUT2D eigenvalue weighted by Crippen LogP contribution is 2.43. The maximum atomic E-state index is 13.5. The second-order valence-corrected chi connectivity index (χ2v) is 10.1. The highest BCUT2D eigenvalue weighted by Gasteiger charge is 2.36. The summed E-state index contributed by atoms with van der Waals surface area (Å²) in [6.07, 6.45) is 0. The minimum absolute atomic E-state index is 0.0120. The van der Waals surface area contributed by atoms with E-state index in [1.165, 1.54) is 14.2 Å². The lowest BCUT2D eigenvalue weighted by Gasteiger charge is -2.30. The van der Waals surface area contributed by atoms with Crippen LogP contribution in [0.5, 0.6) is 11.5 Å². The van der Waals surface area contributed by atoms with E-state index < -0.39 is 5.92 Å². The van der Waals surface area contributed by atoms with Gasteiger partial charge in [0.05, 0.1) is 48.2 Å². The number of nitriles is 1. The fourth-order valence-electron chi connectivity index (χ4n) is 4.30. The van der Waals surface area contributed by atoms with Gasteiger partial charge in [-0.05, 0) is 42.8 Å².